The number of methoxy groups -OCH3 is 1. The van der Waals surface area contributed by atoms with Crippen molar-refractivity contribution in [3.8, 4) is 0 Å². The highest BCUT2D eigenvalue weighted by atomic mass is 127. The van der Waals surface area contributed by atoms with Crippen molar-refractivity contribution in [2.75, 3.05) is 20.3 Å². The number of guanidine groups is 1. The summed E-state index contributed by atoms with van der Waals surface area (Å²) in [5, 5.41) is 3.95. The number of hydrogen-bond acceptors (Lipinski definition) is 2. The molecule has 4 nitrogen and oxygen atoms in total. The Morgan fingerprint density at radius 1 is 1.43 bits per heavy atom. The van der Waals surface area contributed by atoms with Gasteiger partial charge in [-0.05, 0) is 37.5 Å². The van der Waals surface area contributed by atoms with Crippen LogP contribution in [0.1, 0.15) is 38.2 Å². The molecule has 130 valence electrons. The van der Waals surface area contributed by atoms with Crippen LogP contribution in [0, 0.1) is 0 Å². The molecular weight excluding hydrogens is 425 g/mol. The van der Waals surface area contributed by atoms with Gasteiger partial charge in [0, 0.05) is 23.6 Å². The first kappa shape index (κ1) is 20.5. The monoisotopic (exact) mass is 451 g/mol. The average molecular weight is 452 g/mol. The first-order valence-electron chi connectivity index (χ1n) is 7.87. The quantitative estimate of drug-likeness (QED) is 0.394. The maximum absolute atomic E-state index is 6.16. The van der Waals surface area contributed by atoms with Crippen LogP contribution in [0.25, 0.3) is 0 Å². The molecule has 0 saturated heterocycles. The summed E-state index contributed by atoms with van der Waals surface area (Å²) in [6.07, 6.45) is 4.74. The fourth-order valence-corrected chi connectivity index (χ4v) is 3.42. The van der Waals surface area contributed by atoms with Gasteiger partial charge in [0.05, 0.1) is 13.2 Å². The van der Waals surface area contributed by atoms with Crippen LogP contribution in [-0.4, -0.2) is 32.3 Å². The molecule has 1 saturated carbocycles. The average Bonchev–Trinajstić information content (AvgIpc) is 2.95. The summed E-state index contributed by atoms with van der Waals surface area (Å²) in [7, 11) is 1.68. The van der Waals surface area contributed by atoms with Crippen molar-refractivity contribution in [1.82, 2.24) is 5.32 Å². The van der Waals surface area contributed by atoms with Crippen molar-refractivity contribution < 1.29 is 4.74 Å². The number of benzene rings is 1. The summed E-state index contributed by atoms with van der Waals surface area (Å²) < 4.78 is 5.10. The lowest BCUT2D eigenvalue weighted by molar-refractivity contribution is 0.179. The number of halogens is 2. The van der Waals surface area contributed by atoms with Crippen LogP contribution in [0.15, 0.2) is 29.3 Å². The molecule has 23 heavy (non-hydrogen) atoms. The lowest BCUT2D eigenvalue weighted by atomic mass is 9.79. The van der Waals surface area contributed by atoms with Crippen molar-refractivity contribution in [2.45, 2.75) is 44.1 Å². The van der Waals surface area contributed by atoms with E-state index in [-0.39, 0.29) is 35.4 Å². The minimum absolute atomic E-state index is 0. The second-order valence-corrected chi connectivity index (χ2v) is 6.64. The van der Waals surface area contributed by atoms with Gasteiger partial charge in [0.2, 0.25) is 0 Å². The number of aliphatic imine (C=N–C) groups is 1. The highest BCUT2D eigenvalue weighted by Gasteiger charge is 2.35. The van der Waals surface area contributed by atoms with Gasteiger partial charge in [0.1, 0.15) is 0 Å². The molecule has 6 heteroatoms. The molecule has 1 fully saturated rings. The first-order valence-corrected chi connectivity index (χ1v) is 8.25. The molecule has 1 aromatic rings. The van der Waals surface area contributed by atoms with E-state index in [2.05, 4.69) is 22.4 Å². The normalized spacial score (nSPS) is 18.3. The first-order chi connectivity index (χ1) is 10.6. The van der Waals surface area contributed by atoms with Crippen LogP contribution in [-0.2, 0) is 10.2 Å². The fourth-order valence-electron chi connectivity index (χ4n) is 3.23. The summed E-state index contributed by atoms with van der Waals surface area (Å²) >= 11 is 6.16. The Labute approximate surface area is 161 Å². The van der Waals surface area contributed by atoms with Crippen LogP contribution < -0.4 is 11.1 Å². The molecule has 2 rings (SSSR count). The Hall–Kier alpha value is -0.530. The number of nitrogens with one attached hydrogen (secondary N) is 1. The lowest BCUT2D eigenvalue weighted by Crippen LogP contribution is -2.41. The predicted molar refractivity (Wildman–Crippen MR) is 108 cm³/mol. The maximum Gasteiger partial charge on any atom is 0.188 e. The number of nitrogens with zero attached hydrogens (tertiary/aromatic N) is 1. The largest absolute Gasteiger partial charge is 0.383 e. The number of nitrogens with two attached hydrogens (primary N) is 1. The van der Waals surface area contributed by atoms with Crippen LogP contribution in [0.5, 0.6) is 0 Å². The van der Waals surface area contributed by atoms with Crippen LogP contribution in [0.2, 0.25) is 5.02 Å². The summed E-state index contributed by atoms with van der Waals surface area (Å²) in [5.41, 5.74) is 7.36. The van der Waals surface area contributed by atoms with E-state index in [9.17, 15) is 0 Å². The standard InChI is InChI=1S/C17H26ClN3O.HI/c1-13(11-22-2)21-16(19)20-12-17(8-3-4-9-17)14-6-5-7-15(18)10-14;/h5-7,10,13H,3-4,8-9,11-12H2,1-2H3,(H3,19,20,21);1H. The van der Waals surface area contributed by atoms with Gasteiger partial charge in [-0.25, -0.2) is 0 Å². The molecule has 1 aliphatic rings. The Bertz CT molecular complexity index is 518. The number of hydrogen-bond donors (Lipinski definition) is 2. The van der Waals surface area contributed by atoms with Gasteiger partial charge in [-0.1, -0.05) is 36.6 Å². The smallest absolute Gasteiger partial charge is 0.188 e. The van der Waals surface area contributed by atoms with Gasteiger partial charge in [0.15, 0.2) is 5.96 Å². The summed E-state index contributed by atoms with van der Waals surface area (Å²) in [5.74, 6) is 0.484. The van der Waals surface area contributed by atoms with Crippen LogP contribution in [0.3, 0.4) is 0 Å². The van der Waals surface area contributed by atoms with Gasteiger partial charge >= 0.3 is 0 Å². The van der Waals surface area contributed by atoms with Crippen LogP contribution >= 0.6 is 35.6 Å². The van der Waals surface area contributed by atoms with E-state index in [4.69, 9.17) is 22.1 Å². The molecule has 0 aliphatic heterocycles. The third-order valence-electron chi connectivity index (χ3n) is 4.36. The lowest BCUT2D eigenvalue weighted by Gasteiger charge is -2.28. The molecule has 1 unspecified atom stereocenters. The van der Waals surface area contributed by atoms with Crippen molar-refractivity contribution >= 4 is 41.5 Å². The highest BCUT2D eigenvalue weighted by molar-refractivity contribution is 14.0. The molecule has 1 aliphatic carbocycles. The van der Waals surface area contributed by atoms with E-state index in [0.29, 0.717) is 19.1 Å². The molecule has 0 heterocycles. The number of ether oxygens (including phenoxy) is 1. The van der Waals surface area contributed by atoms with Gasteiger partial charge in [0.25, 0.3) is 0 Å². The predicted octanol–water partition coefficient (Wildman–Crippen LogP) is 3.71. The van der Waals surface area contributed by atoms with Gasteiger partial charge < -0.3 is 15.8 Å². The van der Waals surface area contributed by atoms with Gasteiger partial charge in [-0.3, -0.25) is 4.99 Å². The van der Waals surface area contributed by atoms with E-state index in [1.54, 1.807) is 7.11 Å². The third kappa shape index (κ3) is 5.80. The molecule has 0 amide bonds. The van der Waals surface area contributed by atoms with E-state index in [1.165, 1.54) is 18.4 Å². The summed E-state index contributed by atoms with van der Waals surface area (Å²) in [6.45, 7) is 3.33. The fraction of sp³-hybridized carbons (Fsp3) is 0.588. The molecule has 1 aromatic carbocycles. The second kappa shape index (κ2) is 9.69. The van der Waals surface area contributed by atoms with Gasteiger partial charge in [-0.15, -0.1) is 24.0 Å². The van der Waals surface area contributed by atoms with Gasteiger partial charge in [-0.2, -0.15) is 0 Å². The number of rotatable bonds is 6. The molecule has 0 radical (unpaired) electrons. The molecule has 0 aromatic heterocycles. The third-order valence-corrected chi connectivity index (χ3v) is 4.60. The Kier molecular flexibility index (Phi) is 8.64. The molecule has 0 bridgehead atoms. The zero-order valence-electron chi connectivity index (χ0n) is 13.8. The van der Waals surface area contributed by atoms with Crippen molar-refractivity contribution in [1.29, 1.82) is 0 Å². The molecule has 1 atom stereocenters. The zero-order valence-corrected chi connectivity index (χ0v) is 16.9. The molecule has 0 spiro atoms. The zero-order chi connectivity index (χ0) is 16.0. The van der Waals surface area contributed by atoms with Crippen LogP contribution in [0.4, 0.5) is 0 Å². The minimum Gasteiger partial charge on any atom is -0.383 e. The Balaban J connectivity index is 0.00000264. The maximum atomic E-state index is 6.16. The van der Waals surface area contributed by atoms with Crippen molar-refractivity contribution in [3.63, 3.8) is 0 Å². The highest BCUT2D eigenvalue weighted by Crippen LogP contribution is 2.42. The minimum atomic E-state index is 0. The summed E-state index contributed by atoms with van der Waals surface area (Å²) in [4.78, 5) is 4.59. The Morgan fingerprint density at radius 3 is 2.74 bits per heavy atom. The molecule has 3 N–H and O–H groups in total. The van der Waals surface area contributed by atoms with E-state index in [0.717, 1.165) is 17.9 Å². The van der Waals surface area contributed by atoms with E-state index < -0.39 is 0 Å². The topological polar surface area (TPSA) is 59.6 Å². The van der Waals surface area contributed by atoms with E-state index in [1.807, 2.05) is 19.1 Å². The van der Waals surface area contributed by atoms with Crippen molar-refractivity contribution in [3.05, 3.63) is 34.9 Å². The van der Waals surface area contributed by atoms with Crippen molar-refractivity contribution in [2.24, 2.45) is 10.7 Å². The Morgan fingerprint density at radius 2 is 2.13 bits per heavy atom. The molecular formula is C17H27ClIN3O. The van der Waals surface area contributed by atoms with E-state index >= 15 is 0 Å². The summed E-state index contributed by atoms with van der Waals surface area (Å²) in [6, 6.07) is 8.31. The second-order valence-electron chi connectivity index (χ2n) is 6.20. The SMILES string of the molecule is COCC(C)NC(N)=NCC1(c2cccc(Cl)c2)CCCC1.I.